The number of benzene rings is 3. The van der Waals surface area contributed by atoms with Gasteiger partial charge in [0.25, 0.3) is 0 Å². The van der Waals surface area contributed by atoms with Gasteiger partial charge >= 0.3 is 0 Å². The molecule has 0 saturated heterocycles. The van der Waals surface area contributed by atoms with Gasteiger partial charge in [0, 0.05) is 130 Å². The number of anilines is 3. The number of nitrogen functional groups attached to an aromatic ring is 3. The van der Waals surface area contributed by atoms with Gasteiger partial charge in [0.2, 0.25) is 0 Å². The number of nitrogens with two attached hydrogens (primary N) is 3. The van der Waals surface area contributed by atoms with Gasteiger partial charge in [0.1, 0.15) is 0 Å². The van der Waals surface area contributed by atoms with Crippen molar-refractivity contribution in [2.75, 3.05) is 17.2 Å². The summed E-state index contributed by atoms with van der Waals surface area (Å²) in [7, 11) is 3.35. The van der Waals surface area contributed by atoms with Crippen LogP contribution in [0.3, 0.4) is 0 Å². The molecule has 0 heterocycles. The second kappa shape index (κ2) is 40.9. The van der Waals surface area contributed by atoms with Gasteiger partial charge < -0.3 is 39.5 Å². The summed E-state index contributed by atoms with van der Waals surface area (Å²) in [6.07, 6.45) is 0. The summed E-state index contributed by atoms with van der Waals surface area (Å²) >= 11 is 4.07. The van der Waals surface area contributed by atoms with E-state index in [0.717, 1.165) is 31.7 Å². The third-order valence-corrected chi connectivity index (χ3v) is 5.48. The van der Waals surface area contributed by atoms with Gasteiger partial charge in [-0.05, 0) is 54.6 Å². The Morgan fingerprint density at radius 2 is 0.778 bits per heavy atom. The number of rotatable bonds is 3. The van der Waals surface area contributed by atoms with E-state index in [-0.39, 0.29) is 120 Å². The second-order valence-corrected chi connectivity index (χ2v) is 7.70. The standard InChI is InChI=1S/C12H12N2S2.C6H7NS.3C2H6.3CH3.3Y/c13-9-3-1-5-11(7-9)15-16-12-6-2-4-10(14)8-12;7-5-2-1-3-6(8)4-5;3*1-2;;;;;;/h1-8H,13-14H2;1-4,8H,7H2;3*1-2H3;3*1H3;;;/q;;;;;3*-1;;;. The van der Waals surface area contributed by atoms with Crippen LogP contribution in [0.15, 0.2) is 87.5 Å². The molecule has 199 valence electrons. The molecule has 0 amide bonds. The molecule has 36 heavy (non-hydrogen) atoms. The first-order valence-corrected chi connectivity index (χ1v) is 12.7. The molecule has 0 aliphatic rings. The summed E-state index contributed by atoms with van der Waals surface area (Å²) in [5, 5.41) is 0. The van der Waals surface area contributed by atoms with E-state index in [1.54, 1.807) is 21.6 Å². The summed E-state index contributed by atoms with van der Waals surface area (Å²) in [4.78, 5) is 3.20. The smallest absolute Gasteiger partial charge is 0.0325 e. The van der Waals surface area contributed by atoms with Crippen molar-refractivity contribution in [1.29, 1.82) is 0 Å². The molecule has 3 aromatic rings. The Hall–Kier alpha value is 1.42. The maximum Gasteiger partial charge on any atom is 0.0325 e. The number of hydrogen-bond donors (Lipinski definition) is 4. The minimum atomic E-state index is 0. The van der Waals surface area contributed by atoms with Crippen LogP contribution < -0.4 is 17.2 Å². The van der Waals surface area contributed by atoms with E-state index in [2.05, 4.69) is 12.6 Å². The van der Waals surface area contributed by atoms with Crippen LogP contribution in [0.5, 0.6) is 0 Å². The average Bonchev–Trinajstić information content (AvgIpc) is 2.77. The Morgan fingerprint density at radius 3 is 1.00 bits per heavy atom. The van der Waals surface area contributed by atoms with Gasteiger partial charge in [-0.25, -0.2) is 0 Å². The Balaban J connectivity index is -0.0000000571. The predicted molar refractivity (Wildman–Crippen MR) is 165 cm³/mol. The van der Waals surface area contributed by atoms with Crippen molar-refractivity contribution in [2.45, 2.75) is 56.2 Å². The minimum Gasteiger partial charge on any atom is -0.399 e. The van der Waals surface area contributed by atoms with Crippen molar-refractivity contribution in [1.82, 2.24) is 0 Å². The maximum atomic E-state index is 5.71. The Morgan fingerprint density at radius 1 is 0.500 bits per heavy atom. The van der Waals surface area contributed by atoms with E-state index < -0.39 is 0 Å². The van der Waals surface area contributed by atoms with Crippen molar-refractivity contribution in [3.8, 4) is 0 Å². The number of hydrogen-bond acceptors (Lipinski definition) is 6. The molecule has 3 nitrogen and oxygen atoms in total. The summed E-state index contributed by atoms with van der Waals surface area (Å²) in [5.74, 6) is 0. The van der Waals surface area contributed by atoms with Crippen LogP contribution in [0.2, 0.25) is 0 Å². The first-order valence-electron chi connectivity index (χ1n) is 10.1. The van der Waals surface area contributed by atoms with Gasteiger partial charge in [-0.2, -0.15) is 0 Å². The molecule has 3 aromatic carbocycles. The first-order chi connectivity index (χ1) is 14.5. The first kappa shape index (κ1) is 57.3. The van der Waals surface area contributed by atoms with Crippen LogP contribution in [0.4, 0.5) is 17.1 Å². The molecular formula is C27H46N3S3Y3-3. The molecule has 6 N–H and O–H groups in total. The average molecular weight is 776 g/mol. The second-order valence-electron chi connectivity index (χ2n) is 4.91. The van der Waals surface area contributed by atoms with Gasteiger partial charge in [-0.15, -0.1) is 12.6 Å². The summed E-state index contributed by atoms with van der Waals surface area (Å²) < 4.78 is 0. The van der Waals surface area contributed by atoms with Gasteiger partial charge in [-0.1, -0.05) is 81.3 Å². The molecule has 0 unspecified atom stereocenters. The Kier molecular flexibility index (Phi) is 65.2. The zero-order valence-electron chi connectivity index (χ0n) is 23.7. The zero-order valence-corrected chi connectivity index (χ0v) is 34.7. The summed E-state index contributed by atoms with van der Waals surface area (Å²) in [5.41, 5.74) is 19.2. The molecule has 0 aliphatic carbocycles. The molecule has 3 rings (SSSR count). The molecule has 3 radical (unpaired) electrons. The van der Waals surface area contributed by atoms with Gasteiger partial charge in [0.05, 0.1) is 0 Å². The van der Waals surface area contributed by atoms with E-state index in [4.69, 9.17) is 17.2 Å². The molecular weight excluding hydrogens is 729 g/mol. The molecule has 0 bridgehead atoms. The van der Waals surface area contributed by atoms with Crippen LogP contribution in [-0.2, 0) is 98.1 Å². The fourth-order valence-electron chi connectivity index (χ4n) is 1.75. The molecule has 0 spiro atoms. The van der Waals surface area contributed by atoms with E-state index in [1.807, 2.05) is 114 Å². The van der Waals surface area contributed by atoms with Gasteiger partial charge in [-0.3, -0.25) is 0 Å². The van der Waals surface area contributed by atoms with E-state index in [0.29, 0.717) is 0 Å². The molecule has 0 saturated carbocycles. The van der Waals surface area contributed by atoms with E-state index >= 15 is 0 Å². The molecule has 0 fully saturated rings. The van der Waals surface area contributed by atoms with Crippen LogP contribution in [-0.4, -0.2) is 0 Å². The van der Waals surface area contributed by atoms with Crippen LogP contribution >= 0.6 is 34.2 Å². The predicted octanol–water partition coefficient (Wildman–Crippen LogP) is 9.63. The number of thiol groups is 1. The fraction of sp³-hybridized carbons (Fsp3) is 0.222. The van der Waals surface area contributed by atoms with E-state index in [1.165, 1.54) is 0 Å². The zero-order chi connectivity index (χ0) is 23.4. The van der Waals surface area contributed by atoms with Crippen LogP contribution in [0.25, 0.3) is 0 Å². The SMILES string of the molecule is CC.CC.CC.Nc1cccc(S)c1.Nc1cccc(SSc2cccc(N)c2)c1.[CH3-].[CH3-].[CH3-].[Y].[Y].[Y]. The third-order valence-electron chi connectivity index (χ3n) is 2.82. The molecule has 9 heteroatoms. The van der Waals surface area contributed by atoms with Crippen molar-refractivity contribution in [2.24, 2.45) is 0 Å². The third kappa shape index (κ3) is 31.6. The summed E-state index contributed by atoms with van der Waals surface area (Å²) in [6, 6.07) is 23.1. The molecule has 0 aromatic heterocycles. The van der Waals surface area contributed by atoms with Crippen molar-refractivity contribution in [3.63, 3.8) is 0 Å². The molecule has 0 aliphatic heterocycles. The maximum absolute atomic E-state index is 5.71. The van der Waals surface area contributed by atoms with Crippen molar-refractivity contribution in [3.05, 3.63) is 95.1 Å². The quantitative estimate of drug-likeness (QED) is 0.0924. The normalized spacial score (nSPS) is 7.08. The Labute approximate surface area is 313 Å². The van der Waals surface area contributed by atoms with Crippen LogP contribution in [0, 0.1) is 22.3 Å². The largest absolute Gasteiger partial charge is 0.399 e. The Bertz CT molecular complexity index is 749. The van der Waals surface area contributed by atoms with E-state index in [9.17, 15) is 0 Å². The minimum absolute atomic E-state index is 0. The van der Waals surface area contributed by atoms with Gasteiger partial charge in [0.15, 0.2) is 0 Å². The topological polar surface area (TPSA) is 78.1 Å². The van der Waals surface area contributed by atoms with Crippen LogP contribution in [0.1, 0.15) is 41.5 Å². The monoisotopic (exact) mass is 775 g/mol. The summed E-state index contributed by atoms with van der Waals surface area (Å²) in [6.45, 7) is 12.0. The molecule has 0 atom stereocenters. The van der Waals surface area contributed by atoms with Crippen molar-refractivity contribution < 1.29 is 98.1 Å². The van der Waals surface area contributed by atoms with Crippen molar-refractivity contribution >= 4 is 51.3 Å². The fourth-order valence-corrected chi connectivity index (χ4v) is 4.02.